The van der Waals surface area contributed by atoms with Crippen LogP contribution in [0.1, 0.15) is 83.3 Å². The van der Waals surface area contributed by atoms with Crippen LogP contribution in [0.25, 0.3) is 0 Å². The van der Waals surface area contributed by atoms with Gasteiger partial charge in [-0.05, 0) is 146 Å². The summed E-state index contributed by atoms with van der Waals surface area (Å²) >= 11 is 3.54. The molecule has 0 saturated carbocycles. The molecule has 0 heterocycles. The van der Waals surface area contributed by atoms with E-state index in [0.717, 1.165) is 34.0 Å². The number of amides is 1. The minimum Gasteiger partial charge on any atom is -0.496 e. The number of nitrogens with two attached hydrogens (primary N) is 1. The average molecular weight is 707 g/mol. The van der Waals surface area contributed by atoms with Crippen LogP contribution in [0.2, 0.25) is 0 Å². The molecule has 262 valence electrons. The number of hydrogen-bond donors (Lipinski definition) is 2. The zero-order valence-electron chi connectivity index (χ0n) is 30.9. The second-order valence-electron chi connectivity index (χ2n) is 13.1. The molecule has 5 aromatic carbocycles. The molecule has 0 fully saturated rings. The number of aryl methyl sites for hydroxylation is 4. The standard InChI is InChI=1S/C25H27NO2S.C18H23NOS/c1-16(2)22-15-21(11-12-23(22)28-5)29-24-17(3)13-20(14-18(24)4)26-25(27)19-9-7-6-8-10-19;1-11(2)16-10-15(6-7-17(16)20-5)21-18-12(3)8-14(19)9-13(18)4/h6-16H,1-5H3,(H,26,27);6-11H,19H2,1-5H3. The third kappa shape index (κ3) is 9.89. The van der Waals surface area contributed by atoms with Gasteiger partial charge in [0.25, 0.3) is 5.91 Å². The van der Waals surface area contributed by atoms with E-state index in [9.17, 15) is 4.79 Å². The molecule has 0 aliphatic carbocycles. The lowest BCUT2D eigenvalue weighted by molar-refractivity contribution is 0.102. The van der Waals surface area contributed by atoms with Crippen LogP contribution in [0.5, 0.6) is 11.5 Å². The van der Waals surface area contributed by atoms with E-state index in [1.165, 1.54) is 41.8 Å². The van der Waals surface area contributed by atoms with Crippen LogP contribution in [0.4, 0.5) is 11.4 Å². The van der Waals surface area contributed by atoms with E-state index in [4.69, 9.17) is 15.2 Å². The minimum absolute atomic E-state index is 0.0958. The summed E-state index contributed by atoms with van der Waals surface area (Å²) in [6.45, 7) is 17.1. The van der Waals surface area contributed by atoms with E-state index in [0.29, 0.717) is 17.4 Å². The van der Waals surface area contributed by atoms with Crippen molar-refractivity contribution in [1.82, 2.24) is 0 Å². The summed E-state index contributed by atoms with van der Waals surface area (Å²) in [4.78, 5) is 17.4. The van der Waals surface area contributed by atoms with Gasteiger partial charge in [0.2, 0.25) is 0 Å². The van der Waals surface area contributed by atoms with Gasteiger partial charge in [0.05, 0.1) is 14.2 Å². The van der Waals surface area contributed by atoms with Gasteiger partial charge in [-0.15, -0.1) is 0 Å². The van der Waals surface area contributed by atoms with Crippen molar-refractivity contribution in [2.24, 2.45) is 0 Å². The molecular formula is C43H50N2O3S2. The van der Waals surface area contributed by atoms with Gasteiger partial charge in [0.1, 0.15) is 11.5 Å². The first-order chi connectivity index (χ1) is 23.8. The second-order valence-corrected chi connectivity index (χ2v) is 15.2. The van der Waals surface area contributed by atoms with Crippen LogP contribution in [0.3, 0.4) is 0 Å². The highest BCUT2D eigenvalue weighted by Gasteiger charge is 2.14. The highest BCUT2D eigenvalue weighted by atomic mass is 32.2. The Bertz CT molecular complexity index is 1890. The molecule has 0 aromatic heterocycles. The number of carbonyl (C=O) groups is 1. The summed E-state index contributed by atoms with van der Waals surface area (Å²) in [5.74, 6) is 2.62. The van der Waals surface area contributed by atoms with Crippen LogP contribution in [0.15, 0.2) is 111 Å². The number of carbonyl (C=O) groups excluding carboxylic acids is 1. The highest BCUT2D eigenvalue weighted by molar-refractivity contribution is 7.99. The lowest BCUT2D eigenvalue weighted by atomic mass is 10.0. The Labute approximate surface area is 307 Å². The molecule has 5 nitrogen and oxygen atoms in total. The summed E-state index contributed by atoms with van der Waals surface area (Å²) in [7, 11) is 3.44. The molecule has 0 radical (unpaired) electrons. The summed E-state index contributed by atoms with van der Waals surface area (Å²) < 4.78 is 10.9. The first-order valence-corrected chi connectivity index (χ1v) is 18.5. The summed E-state index contributed by atoms with van der Waals surface area (Å²) in [5, 5.41) is 3.01. The van der Waals surface area contributed by atoms with Gasteiger partial charge in [-0.2, -0.15) is 0 Å². The Kier molecular flexibility index (Phi) is 13.5. The third-order valence-corrected chi connectivity index (χ3v) is 11.0. The zero-order chi connectivity index (χ0) is 36.5. The number of methoxy groups -OCH3 is 2. The zero-order valence-corrected chi connectivity index (χ0v) is 32.6. The lowest BCUT2D eigenvalue weighted by Gasteiger charge is -2.16. The SMILES string of the molecule is COc1ccc(Sc2c(C)cc(N)cc2C)cc1C(C)C.COc1ccc(Sc2c(C)cc(NC(=O)c3ccccc3)cc2C)cc1C(C)C. The van der Waals surface area contributed by atoms with Crippen molar-refractivity contribution in [2.45, 2.75) is 86.8 Å². The molecule has 7 heteroatoms. The molecule has 0 saturated heterocycles. The topological polar surface area (TPSA) is 73.6 Å². The second kappa shape index (κ2) is 17.6. The number of benzene rings is 5. The van der Waals surface area contributed by atoms with Crippen molar-refractivity contribution >= 4 is 40.8 Å². The molecule has 50 heavy (non-hydrogen) atoms. The van der Waals surface area contributed by atoms with Crippen molar-refractivity contribution in [3.63, 3.8) is 0 Å². The van der Waals surface area contributed by atoms with Crippen molar-refractivity contribution in [1.29, 1.82) is 0 Å². The normalized spacial score (nSPS) is 10.9. The Morgan fingerprint density at radius 3 is 1.44 bits per heavy atom. The minimum atomic E-state index is -0.0958. The van der Waals surface area contributed by atoms with Gasteiger partial charge >= 0.3 is 0 Å². The maximum atomic E-state index is 12.4. The van der Waals surface area contributed by atoms with Crippen molar-refractivity contribution in [3.05, 3.63) is 130 Å². The van der Waals surface area contributed by atoms with Gasteiger partial charge in [-0.3, -0.25) is 4.79 Å². The lowest BCUT2D eigenvalue weighted by Crippen LogP contribution is -2.12. The summed E-state index contributed by atoms with van der Waals surface area (Å²) in [6, 6.07) is 30.1. The number of nitrogen functional groups attached to an aromatic ring is 1. The van der Waals surface area contributed by atoms with E-state index >= 15 is 0 Å². The predicted octanol–water partition coefficient (Wildman–Crippen LogP) is 12.0. The fourth-order valence-corrected chi connectivity index (χ4v) is 7.81. The van der Waals surface area contributed by atoms with Crippen LogP contribution in [0, 0.1) is 27.7 Å². The molecule has 0 aliphatic heterocycles. The Morgan fingerprint density at radius 2 is 1.04 bits per heavy atom. The van der Waals surface area contributed by atoms with Crippen molar-refractivity contribution < 1.29 is 14.3 Å². The van der Waals surface area contributed by atoms with E-state index < -0.39 is 0 Å². The molecular weight excluding hydrogens is 657 g/mol. The van der Waals surface area contributed by atoms with E-state index in [2.05, 4.69) is 91.0 Å². The van der Waals surface area contributed by atoms with E-state index in [1.54, 1.807) is 37.7 Å². The van der Waals surface area contributed by atoms with Crippen LogP contribution in [-0.2, 0) is 0 Å². The Balaban J connectivity index is 0.000000237. The summed E-state index contributed by atoms with van der Waals surface area (Å²) in [5.41, 5.74) is 15.4. The molecule has 0 spiro atoms. The smallest absolute Gasteiger partial charge is 0.255 e. The van der Waals surface area contributed by atoms with Gasteiger partial charge < -0.3 is 20.5 Å². The molecule has 0 aliphatic rings. The number of anilines is 2. The molecule has 0 unspecified atom stereocenters. The molecule has 0 bridgehead atoms. The third-order valence-electron chi connectivity index (χ3n) is 8.32. The van der Waals surface area contributed by atoms with Gasteiger partial charge in [0, 0.05) is 36.5 Å². The molecule has 1 amide bonds. The van der Waals surface area contributed by atoms with Crippen LogP contribution < -0.4 is 20.5 Å². The van der Waals surface area contributed by atoms with Crippen molar-refractivity contribution in [3.8, 4) is 11.5 Å². The summed E-state index contributed by atoms with van der Waals surface area (Å²) in [6.07, 6.45) is 0. The van der Waals surface area contributed by atoms with Gasteiger partial charge in [-0.25, -0.2) is 0 Å². The van der Waals surface area contributed by atoms with Gasteiger partial charge in [-0.1, -0.05) is 69.4 Å². The molecule has 5 aromatic rings. The highest BCUT2D eigenvalue weighted by Crippen LogP contribution is 2.39. The predicted molar refractivity (Wildman–Crippen MR) is 213 cm³/mol. The monoisotopic (exact) mass is 706 g/mol. The largest absolute Gasteiger partial charge is 0.496 e. The van der Waals surface area contributed by atoms with E-state index in [1.807, 2.05) is 60.7 Å². The quantitative estimate of drug-likeness (QED) is 0.141. The molecule has 3 N–H and O–H groups in total. The fourth-order valence-electron chi connectivity index (χ4n) is 5.81. The Hall–Kier alpha value is -4.33. The number of nitrogens with one attached hydrogen (secondary N) is 1. The number of ether oxygens (including phenoxy) is 2. The maximum absolute atomic E-state index is 12.4. The average Bonchev–Trinajstić information content (AvgIpc) is 3.08. The number of rotatable bonds is 10. The molecule has 5 rings (SSSR count). The van der Waals surface area contributed by atoms with Crippen molar-refractivity contribution in [2.75, 3.05) is 25.3 Å². The van der Waals surface area contributed by atoms with Gasteiger partial charge in [0.15, 0.2) is 0 Å². The van der Waals surface area contributed by atoms with E-state index in [-0.39, 0.29) is 5.91 Å². The number of hydrogen-bond acceptors (Lipinski definition) is 6. The first kappa shape index (κ1) is 38.5. The van der Waals surface area contributed by atoms with Crippen LogP contribution >= 0.6 is 23.5 Å². The maximum Gasteiger partial charge on any atom is 0.255 e. The van der Waals surface area contributed by atoms with Crippen LogP contribution in [-0.4, -0.2) is 20.1 Å². The Morgan fingerprint density at radius 1 is 0.620 bits per heavy atom. The molecule has 0 atom stereocenters. The first-order valence-electron chi connectivity index (χ1n) is 16.9. The fraction of sp³-hybridized carbons (Fsp3) is 0.279.